The zero-order valence-corrected chi connectivity index (χ0v) is 31.0. The number of sulfonamides is 1. The Morgan fingerprint density at radius 1 is 1.04 bits per heavy atom. The summed E-state index contributed by atoms with van der Waals surface area (Å²) in [6.45, 7) is 11.7. The molecule has 0 bridgehead atoms. The van der Waals surface area contributed by atoms with Gasteiger partial charge < -0.3 is 14.8 Å². The number of benzene rings is 2. The lowest BCUT2D eigenvalue weighted by atomic mass is 9.77. The molecule has 2 unspecified atom stereocenters. The number of hydrogen-bond acceptors (Lipinski definition) is 7. The predicted octanol–water partition coefficient (Wildman–Crippen LogP) is 7.28. The molecule has 8 nitrogen and oxygen atoms in total. The summed E-state index contributed by atoms with van der Waals surface area (Å²) in [6.07, 6.45) is 13.3. The zero-order chi connectivity index (χ0) is 35.3. The third kappa shape index (κ3) is 11.5. The number of methoxy groups -OCH3 is 1. The summed E-state index contributed by atoms with van der Waals surface area (Å²) >= 11 is 1.60. The Labute approximate surface area is 292 Å². The molecule has 1 fully saturated rings. The van der Waals surface area contributed by atoms with Gasteiger partial charge in [0.25, 0.3) is 5.91 Å². The molecule has 1 aliphatic rings. The molecule has 1 amide bonds. The van der Waals surface area contributed by atoms with Gasteiger partial charge in [0.05, 0.1) is 24.7 Å². The van der Waals surface area contributed by atoms with Crippen molar-refractivity contribution in [1.82, 2.24) is 9.62 Å². The largest absolute Gasteiger partial charge is 0.467 e. The maximum Gasteiger partial charge on any atom is 0.328 e. The lowest BCUT2D eigenvalue weighted by Crippen LogP contribution is -2.45. The molecule has 1 saturated heterocycles. The number of carbonyl (C=O) groups is 2. The SMILES string of the molecule is COC(=O)C(CCSC)NC(=O)c1ccc(COC(C2CCN(S(=O)(=O)c3ccccc3)CC2)C(C)(C)C)cc1/C=C/C=C\C=C(C)C. The van der Waals surface area contributed by atoms with Crippen LogP contribution in [0.3, 0.4) is 0 Å². The van der Waals surface area contributed by atoms with Crippen molar-refractivity contribution in [3.8, 4) is 0 Å². The van der Waals surface area contributed by atoms with Gasteiger partial charge in [0.2, 0.25) is 10.0 Å². The highest BCUT2D eigenvalue weighted by Gasteiger charge is 2.38. The fourth-order valence-corrected chi connectivity index (χ4v) is 7.78. The van der Waals surface area contributed by atoms with Gasteiger partial charge in [-0.05, 0) is 91.8 Å². The molecule has 48 heavy (non-hydrogen) atoms. The van der Waals surface area contributed by atoms with E-state index in [9.17, 15) is 18.0 Å². The van der Waals surface area contributed by atoms with E-state index < -0.39 is 22.0 Å². The van der Waals surface area contributed by atoms with E-state index in [1.54, 1.807) is 46.4 Å². The van der Waals surface area contributed by atoms with Crippen LogP contribution >= 0.6 is 11.8 Å². The van der Waals surface area contributed by atoms with E-state index in [4.69, 9.17) is 9.47 Å². The van der Waals surface area contributed by atoms with E-state index in [-0.39, 0.29) is 23.3 Å². The second-order valence-electron chi connectivity index (χ2n) is 13.4. The van der Waals surface area contributed by atoms with E-state index in [1.807, 2.05) is 68.7 Å². The summed E-state index contributed by atoms with van der Waals surface area (Å²) in [5, 5.41) is 2.87. The second kappa shape index (κ2) is 18.5. The van der Waals surface area contributed by atoms with E-state index in [0.29, 0.717) is 60.7 Å². The highest BCUT2D eigenvalue weighted by molar-refractivity contribution is 7.98. The van der Waals surface area contributed by atoms with Crippen molar-refractivity contribution in [2.24, 2.45) is 11.3 Å². The molecule has 0 radical (unpaired) electrons. The molecule has 0 spiro atoms. The molecule has 2 aromatic rings. The topological polar surface area (TPSA) is 102 Å². The molecule has 3 rings (SSSR count). The summed E-state index contributed by atoms with van der Waals surface area (Å²) < 4.78 is 39.6. The number of allylic oxidation sites excluding steroid dienone is 5. The summed E-state index contributed by atoms with van der Waals surface area (Å²) in [6, 6.07) is 13.5. The van der Waals surface area contributed by atoms with E-state index in [1.165, 1.54) is 12.7 Å². The van der Waals surface area contributed by atoms with Gasteiger partial charge in [0.15, 0.2) is 0 Å². The average Bonchev–Trinajstić information content (AvgIpc) is 3.06. The fraction of sp³-hybridized carbons (Fsp3) is 0.474. The van der Waals surface area contributed by atoms with Crippen LogP contribution in [0.4, 0.5) is 0 Å². The number of nitrogens with zero attached hydrogens (tertiary/aromatic N) is 1. The Balaban J connectivity index is 1.80. The number of ether oxygens (including phenoxy) is 2. The van der Waals surface area contributed by atoms with Crippen molar-refractivity contribution in [3.05, 3.63) is 95.1 Å². The number of esters is 1. The maximum atomic E-state index is 13.5. The molecule has 1 N–H and O–H groups in total. The normalized spacial score (nSPS) is 16.1. The summed E-state index contributed by atoms with van der Waals surface area (Å²) in [5.74, 6) is 0.0701. The van der Waals surface area contributed by atoms with Gasteiger partial charge >= 0.3 is 5.97 Å². The van der Waals surface area contributed by atoms with Crippen LogP contribution < -0.4 is 5.32 Å². The lowest BCUT2D eigenvalue weighted by molar-refractivity contribution is -0.142. The highest BCUT2D eigenvalue weighted by atomic mass is 32.2. The summed E-state index contributed by atoms with van der Waals surface area (Å²) in [5.41, 5.74) is 3.06. The lowest BCUT2D eigenvalue weighted by Gasteiger charge is -2.41. The van der Waals surface area contributed by atoms with Crippen molar-refractivity contribution >= 4 is 39.7 Å². The highest BCUT2D eigenvalue weighted by Crippen LogP contribution is 2.36. The first-order valence-electron chi connectivity index (χ1n) is 16.4. The van der Waals surface area contributed by atoms with Gasteiger partial charge in [-0.15, -0.1) is 0 Å². The quantitative estimate of drug-likeness (QED) is 0.154. The fourth-order valence-electron chi connectivity index (χ4n) is 5.82. The molecule has 262 valence electrons. The molecule has 2 aromatic carbocycles. The molecule has 0 saturated carbocycles. The molecular weight excluding hydrogens is 645 g/mol. The third-order valence-electron chi connectivity index (χ3n) is 8.28. The minimum Gasteiger partial charge on any atom is -0.467 e. The maximum absolute atomic E-state index is 13.5. The number of piperidine rings is 1. The summed E-state index contributed by atoms with van der Waals surface area (Å²) in [4.78, 5) is 26.2. The van der Waals surface area contributed by atoms with Gasteiger partial charge in [-0.3, -0.25) is 4.79 Å². The van der Waals surface area contributed by atoms with Crippen LogP contribution in [0.2, 0.25) is 0 Å². The minimum absolute atomic E-state index is 0.106. The zero-order valence-electron chi connectivity index (χ0n) is 29.4. The van der Waals surface area contributed by atoms with E-state index in [2.05, 4.69) is 26.1 Å². The second-order valence-corrected chi connectivity index (χ2v) is 16.3. The average molecular weight is 697 g/mol. The Kier molecular flexibility index (Phi) is 15.2. The van der Waals surface area contributed by atoms with Crippen molar-refractivity contribution in [2.45, 2.75) is 77.5 Å². The standard InChI is InChI=1S/C38H52N2O6S2/c1-28(2)14-10-8-11-15-31-26-29(18-19-33(31)36(41)39-34(22-25-47-7)37(42)45-6)27-46-35(38(3,4)5)30-20-23-40(24-21-30)48(43,44)32-16-12-9-13-17-32/h8-19,26,30,34-35H,20-25,27H2,1-7H3,(H,39,41)/b10-8-,15-11+. The molecule has 2 atom stereocenters. The number of hydrogen-bond donors (Lipinski definition) is 1. The first-order chi connectivity index (χ1) is 22.8. The first kappa shape index (κ1) is 39.3. The Bertz CT molecular complexity index is 1550. The minimum atomic E-state index is -3.53. The molecule has 10 heteroatoms. The van der Waals surface area contributed by atoms with Crippen LogP contribution in [0.25, 0.3) is 6.08 Å². The van der Waals surface area contributed by atoms with Gasteiger partial charge in [0, 0.05) is 18.7 Å². The smallest absolute Gasteiger partial charge is 0.328 e. The summed E-state index contributed by atoms with van der Waals surface area (Å²) in [7, 11) is -2.21. The monoisotopic (exact) mass is 696 g/mol. The van der Waals surface area contributed by atoms with Crippen LogP contribution in [0.5, 0.6) is 0 Å². The van der Waals surface area contributed by atoms with Crippen LogP contribution in [0.1, 0.15) is 75.4 Å². The third-order valence-corrected chi connectivity index (χ3v) is 10.8. The Morgan fingerprint density at radius 3 is 2.33 bits per heavy atom. The van der Waals surface area contributed by atoms with E-state index in [0.717, 1.165) is 5.56 Å². The molecule has 0 aromatic heterocycles. The van der Waals surface area contributed by atoms with Crippen LogP contribution in [-0.2, 0) is 30.9 Å². The van der Waals surface area contributed by atoms with Gasteiger partial charge in [0.1, 0.15) is 6.04 Å². The Hall–Kier alpha value is -3.18. The van der Waals surface area contributed by atoms with Crippen molar-refractivity contribution in [3.63, 3.8) is 0 Å². The molecule has 0 aliphatic carbocycles. The van der Waals surface area contributed by atoms with Crippen molar-refractivity contribution in [2.75, 3.05) is 32.2 Å². The van der Waals surface area contributed by atoms with Crippen molar-refractivity contribution < 1.29 is 27.5 Å². The molecule has 1 aliphatic heterocycles. The van der Waals surface area contributed by atoms with E-state index >= 15 is 0 Å². The first-order valence-corrected chi connectivity index (χ1v) is 19.3. The number of carbonyl (C=O) groups excluding carboxylic acids is 2. The van der Waals surface area contributed by atoms with Gasteiger partial charge in [-0.1, -0.05) is 81.0 Å². The van der Waals surface area contributed by atoms with Gasteiger partial charge in [-0.25, -0.2) is 13.2 Å². The molecule has 1 heterocycles. The Morgan fingerprint density at radius 2 is 1.73 bits per heavy atom. The van der Waals surface area contributed by atoms with Crippen molar-refractivity contribution in [1.29, 1.82) is 0 Å². The number of nitrogens with one attached hydrogen (secondary N) is 1. The van der Waals surface area contributed by atoms with Crippen LogP contribution in [-0.4, -0.2) is 69.0 Å². The van der Waals surface area contributed by atoms with Crippen LogP contribution in [0, 0.1) is 11.3 Å². The predicted molar refractivity (Wildman–Crippen MR) is 196 cm³/mol. The number of amides is 1. The number of thioether (sulfide) groups is 1. The van der Waals surface area contributed by atoms with Crippen LogP contribution in [0.15, 0.2) is 83.3 Å². The molecular formula is C38H52N2O6S2. The number of rotatable bonds is 15. The van der Waals surface area contributed by atoms with Gasteiger partial charge in [-0.2, -0.15) is 16.1 Å².